The number of pyridine rings is 1. The van der Waals surface area contributed by atoms with Gasteiger partial charge in [0.05, 0.1) is 22.7 Å². The molecule has 2 fully saturated rings. The van der Waals surface area contributed by atoms with Crippen molar-refractivity contribution in [2.24, 2.45) is 17.8 Å². The van der Waals surface area contributed by atoms with Gasteiger partial charge in [-0.15, -0.1) is 6.58 Å². The van der Waals surface area contributed by atoms with Crippen molar-refractivity contribution in [1.29, 1.82) is 0 Å². The van der Waals surface area contributed by atoms with Gasteiger partial charge in [-0.3, -0.25) is 4.98 Å². The number of hydrogen-bond donors (Lipinski definition) is 3. The standard InChI is InChI=1S/C29H28F6N4O/c1-2-16-15-37-25(11-17-7-8-21(16)17)26(23-9-10-36-24-6-4-3-5-22(23)24)39-27(40)38-20-13-18(28(30,31)32)12-19(14-20)29(33,34)35/h2-6,9-10,12-14,16-17,21,25-26,37H,1,7-8,11,15H2,(H2,38,39,40)/t16?,17?,21?,25?,26-/m1/s1. The first kappa shape index (κ1) is 27.9. The molecule has 2 heterocycles. The Morgan fingerprint density at radius 3 is 2.35 bits per heavy atom. The summed E-state index contributed by atoms with van der Waals surface area (Å²) in [4.78, 5) is 17.6. The van der Waals surface area contributed by atoms with E-state index in [1.165, 1.54) is 0 Å². The fraction of sp³-hybridized carbons (Fsp3) is 0.379. The average molecular weight is 563 g/mol. The number of para-hydroxylation sites is 1. The summed E-state index contributed by atoms with van der Waals surface area (Å²) in [6, 6.07) is 8.31. The van der Waals surface area contributed by atoms with Crippen LogP contribution in [0.1, 0.15) is 42.0 Å². The molecule has 5 nitrogen and oxygen atoms in total. The Labute approximate surface area is 227 Å². The van der Waals surface area contributed by atoms with Gasteiger partial charge < -0.3 is 16.0 Å². The normalized spacial score (nSPS) is 23.9. The quantitative estimate of drug-likeness (QED) is 0.225. The maximum atomic E-state index is 13.4. The van der Waals surface area contributed by atoms with Gasteiger partial charge in [-0.2, -0.15) is 26.3 Å². The molecule has 1 aliphatic heterocycles. The molecule has 0 radical (unpaired) electrons. The molecule has 0 bridgehead atoms. The van der Waals surface area contributed by atoms with Crippen LogP contribution in [0.3, 0.4) is 0 Å². The second-order valence-corrected chi connectivity index (χ2v) is 10.4. The van der Waals surface area contributed by atoms with Crippen LogP contribution in [0.5, 0.6) is 0 Å². The molecule has 0 spiro atoms. The van der Waals surface area contributed by atoms with Gasteiger partial charge in [0.2, 0.25) is 0 Å². The number of rotatable bonds is 5. The molecule has 11 heteroatoms. The summed E-state index contributed by atoms with van der Waals surface area (Å²) in [7, 11) is 0. The number of nitrogens with zero attached hydrogens (tertiary/aromatic N) is 1. The van der Waals surface area contributed by atoms with Crippen molar-refractivity contribution in [1.82, 2.24) is 15.6 Å². The van der Waals surface area contributed by atoms with Gasteiger partial charge in [-0.25, -0.2) is 4.79 Å². The van der Waals surface area contributed by atoms with E-state index >= 15 is 0 Å². The highest BCUT2D eigenvalue weighted by molar-refractivity contribution is 5.91. The number of anilines is 1. The second kappa shape index (κ2) is 10.8. The van der Waals surface area contributed by atoms with E-state index in [1.54, 1.807) is 12.3 Å². The average Bonchev–Trinajstić information content (AvgIpc) is 3.01. The highest BCUT2D eigenvalue weighted by Crippen LogP contribution is 2.46. The summed E-state index contributed by atoms with van der Waals surface area (Å²) in [5.74, 6) is 1.14. The van der Waals surface area contributed by atoms with Gasteiger partial charge in [-0.05, 0) is 72.9 Å². The first-order valence-corrected chi connectivity index (χ1v) is 13.0. The van der Waals surface area contributed by atoms with E-state index in [0.29, 0.717) is 36.0 Å². The smallest absolute Gasteiger partial charge is 0.329 e. The number of fused-ring (bicyclic) bond motifs is 2. The molecule has 4 unspecified atom stereocenters. The zero-order valence-electron chi connectivity index (χ0n) is 21.3. The molecule has 2 aliphatic rings. The third-order valence-corrected chi connectivity index (χ3v) is 8.05. The van der Waals surface area contributed by atoms with Crippen molar-refractivity contribution in [3.05, 3.63) is 84.1 Å². The molecule has 2 aromatic carbocycles. The molecule has 40 heavy (non-hydrogen) atoms. The minimum atomic E-state index is -5.03. The number of benzene rings is 2. The Morgan fingerprint density at radius 1 is 1.02 bits per heavy atom. The molecule has 1 saturated carbocycles. The number of carbonyl (C=O) groups is 1. The Morgan fingerprint density at radius 2 is 1.73 bits per heavy atom. The lowest BCUT2D eigenvalue weighted by molar-refractivity contribution is -0.143. The number of aromatic nitrogens is 1. The van der Waals surface area contributed by atoms with E-state index < -0.39 is 41.2 Å². The van der Waals surface area contributed by atoms with E-state index in [2.05, 4.69) is 27.5 Å². The van der Waals surface area contributed by atoms with Crippen LogP contribution in [0.15, 0.2) is 67.4 Å². The topological polar surface area (TPSA) is 66.0 Å². The maximum absolute atomic E-state index is 13.4. The molecule has 3 N–H and O–H groups in total. The number of amides is 2. The molecule has 2 amide bonds. The SMILES string of the molecule is C=CC1CNC([C@H](NC(=O)Nc2cc(C(F)(F)F)cc(C(F)(F)F)c2)c2ccnc3ccccc23)CC2CCC12. The second-order valence-electron chi connectivity index (χ2n) is 10.4. The van der Waals surface area contributed by atoms with Crippen LogP contribution in [-0.4, -0.2) is 23.6 Å². The molecule has 1 aromatic heterocycles. The predicted molar refractivity (Wildman–Crippen MR) is 139 cm³/mol. The molecular weight excluding hydrogens is 534 g/mol. The van der Waals surface area contributed by atoms with Gasteiger partial charge in [0.1, 0.15) is 0 Å². The summed E-state index contributed by atoms with van der Waals surface area (Å²) in [6.07, 6.45) is -3.65. The Kier molecular flexibility index (Phi) is 7.52. The number of urea groups is 1. The van der Waals surface area contributed by atoms with Crippen molar-refractivity contribution in [2.45, 2.75) is 43.7 Å². The Bertz CT molecular complexity index is 1370. The molecule has 212 valence electrons. The van der Waals surface area contributed by atoms with Crippen LogP contribution in [0.25, 0.3) is 10.9 Å². The van der Waals surface area contributed by atoms with Gasteiger partial charge in [0.25, 0.3) is 0 Å². The summed E-state index contributed by atoms with van der Waals surface area (Å²) >= 11 is 0. The summed E-state index contributed by atoms with van der Waals surface area (Å²) in [5, 5.41) is 9.39. The lowest BCUT2D eigenvalue weighted by atomic mass is 9.65. The first-order valence-electron chi connectivity index (χ1n) is 13.0. The van der Waals surface area contributed by atoms with Gasteiger partial charge in [-0.1, -0.05) is 24.3 Å². The number of hydrogen-bond acceptors (Lipinski definition) is 3. The van der Waals surface area contributed by atoms with E-state index in [1.807, 2.05) is 30.3 Å². The lowest BCUT2D eigenvalue weighted by Gasteiger charge is -2.40. The molecular formula is C29H28F6N4O. The van der Waals surface area contributed by atoms with Gasteiger partial charge in [0.15, 0.2) is 0 Å². The fourth-order valence-electron chi connectivity index (χ4n) is 5.93. The minimum absolute atomic E-state index is 0.0233. The van der Waals surface area contributed by atoms with E-state index in [-0.39, 0.29) is 18.0 Å². The number of halogens is 6. The van der Waals surface area contributed by atoms with Crippen LogP contribution in [-0.2, 0) is 12.4 Å². The number of nitrogens with one attached hydrogen (secondary N) is 3. The largest absolute Gasteiger partial charge is 0.416 e. The Hall–Kier alpha value is -3.60. The van der Waals surface area contributed by atoms with Crippen LogP contribution in [0.4, 0.5) is 36.8 Å². The first-order chi connectivity index (χ1) is 18.9. The summed E-state index contributed by atoms with van der Waals surface area (Å²) in [6.45, 7) is 4.61. The minimum Gasteiger partial charge on any atom is -0.329 e. The predicted octanol–water partition coefficient (Wildman–Crippen LogP) is 7.33. The Balaban J connectivity index is 1.48. The van der Waals surface area contributed by atoms with Crippen molar-refractivity contribution < 1.29 is 31.1 Å². The number of carbonyl (C=O) groups excluding carboxylic acids is 1. The van der Waals surface area contributed by atoms with Crippen LogP contribution in [0.2, 0.25) is 0 Å². The van der Waals surface area contributed by atoms with Crippen molar-refractivity contribution >= 4 is 22.6 Å². The molecule has 1 aliphatic carbocycles. The van der Waals surface area contributed by atoms with Gasteiger partial charge >= 0.3 is 18.4 Å². The zero-order valence-corrected chi connectivity index (χ0v) is 21.3. The monoisotopic (exact) mass is 562 g/mol. The summed E-state index contributed by atoms with van der Waals surface area (Å²) < 4.78 is 80.1. The van der Waals surface area contributed by atoms with Crippen LogP contribution >= 0.6 is 0 Å². The molecule has 5 rings (SSSR count). The summed E-state index contributed by atoms with van der Waals surface area (Å²) in [5.41, 5.74) is -2.19. The molecule has 3 aromatic rings. The maximum Gasteiger partial charge on any atom is 0.416 e. The third-order valence-electron chi connectivity index (χ3n) is 8.05. The van der Waals surface area contributed by atoms with Crippen molar-refractivity contribution in [3.63, 3.8) is 0 Å². The fourth-order valence-corrected chi connectivity index (χ4v) is 5.93. The highest BCUT2D eigenvalue weighted by Gasteiger charge is 2.42. The van der Waals surface area contributed by atoms with Crippen LogP contribution < -0.4 is 16.0 Å². The van der Waals surface area contributed by atoms with E-state index in [0.717, 1.165) is 30.2 Å². The van der Waals surface area contributed by atoms with Crippen molar-refractivity contribution in [2.75, 3.05) is 11.9 Å². The zero-order chi connectivity index (χ0) is 28.7. The van der Waals surface area contributed by atoms with Gasteiger partial charge in [0, 0.05) is 29.9 Å². The molecule has 5 atom stereocenters. The lowest BCUT2D eigenvalue weighted by Crippen LogP contribution is -2.46. The van der Waals surface area contributed by atoms with Crippen molar-refractivity contribution in [3.8, 4) is 0 Å². The van der Waals surface area contributed by atoms with E-state index in [4.69, 9.17) is 0 Å². The third kappa shape index (κ3) is 5.79. The van der Waals surface area contributed by atoms with E-state index in [9.17, 15) is 31.1 Å². The number of alkyl halides is 6. The molecule has 1 saturated heterocycles. The highest BCUT2D eigenvalue weighted by atomic mass is 19.4. The van der Waals surface area contributed by atoms with Crippen LogP contribution in [0, 0.1) is 17.8 Å².